The Labute approximate surface area is 184 Å². The van der Waals surface area contributed by atoms with Gasteiger partial charge in [0.15, 0.2) is 5.82 Å². The Balaban J connectivity index is 1.67. The zero-order valence-corrected chi connectivity index (χ0v) is 17.9. The fourth-order valence-electron chi connectivity index (χ4n) is 3.17. The van der Waals surface area contributed by atoms with E-state index < -0.39 is 0 Å². The summed E-state index contributed by atoms with van der Waals surface area (Å²) in [5.41, 5.74) is 1.39. The summed E-state index contributed by atoms with van der Waals surface area (Å²) in [6, 6.07) is 18.7. The van der Waals surface area contributed by atoms with Crippen LogP contribution in [0.5, 0.6) is 11.5 Å². The second kappa shape index (κ2) is 8.88. The van der Waals surface area contributed by atoms with Crippen LogP contribution in [0.2, 0.25) is 0 Å². The van der Waals surface area contributed by atoms with Crippen LogP contribution >= 0.6 is 12.2 Å². The molecule has 2 aromatic heterocycles. The number of aromatic nitrogens is 4. The Kier molecular flexibility index (Phi) is 5.85. The van der Waals surface area contributed by atoms with Crippen molar-refractivity contribution in [3.05, 3.63) is 77.8 Å². The molecule has 0 unspecified atom stereocenters. The summed E-state index contributed by atoms with van der Waals surface area (Å²) in [5.74, 6) is 1.48. The second-order valence-electron chi connectivity index (χ2n) is 6.62. The van der Waals surface area contributed by atoms with Crippen molar-refractivity contribution in [3.8, 4) is 22.9 Å². The van der Waals surface area contributed by atoms with E-state index in [4.69, 9.17) is 21.7 Å². The molecule has 2 heterocycles. The van der Waals surface area contributed by atoms with Crippen LogP contribution in [0.1, 0.15) is 0 Å². The van der Waals surface area contributed by atoms with Crippen LogP contribution in [0.4, 0.5) is 5.69 Å². The Morgan fingerprint density at radius 3 is 2.45 bits per heavy atom. The smallest absolute Gasteiger partial charge is 0.246 e. The van der Waals surface area contributed by atoms with Gasteiger partial charge in [0.05, 0.1) is 19.9 Å². The number of amides is 1. The van der Waals surface area contributed by atoms with Gasteiger partial charge in [0.2, 0.25) is 10.7 Å². The van der Waals surface area contributed by atoms with Crippen LogP contribution in [-0.2, 0) is 11.3 Å². The van der Waals surface area contributed by atoms with E-state index in [2.05, 4.69) is 10.4 Å². The minimum atomic E-state index is -0.292. The molecule has 4 aromatic rings. The Bertz CT molecular complexity index is 1250. The van der Waals surface area contributed by atoms with E-state index >= 15 is 0 Å². The van der Waals surface area contributed by atoms with Gasteiger partial charge in [0.25, 0.3) is 0 Å². The van der Waals surface area contributed by atoms with Gasteiger partial charge in [-0.05, 0) is 36.5 Å². The summed E-state index contributed by atoms with van der Waals surface area (Å²) in [7, 11) is 3.10. The highest BCUT2D eigenvalue weighted by molar-refractivity contribution is 7.71. The predicted molar refractivity (Wildman–Crippen MR) is 120 cm³/mol. The molecule has 0 atom stereocenters. The first-order valence-corrected chi connectivity index (χ1v) is 9.92. The van der Waals surface area contributed by atoms with Gasteiger partial charge < -0.3 is 14.8 Å². The van der Waals surface area contributed by atoms with Crippen LogP contribution < -0.4 is 14.8 Å². The van der Waals surface area contributed by atoms with Crippen molar-refractivity contribution in [3.63, 3.8) is 0 Å². The highest BCUT2D eigenvalue weighted by Crippen LogP contribution is 2.29. The molecule has 0 fully saturated rings. The molecule has 0 aliphatic rings. The summed E-state index contributed by atoms with van der Waals surface area (Å²) in [5, 5.41) is 7.48. The molecule has 1 amide bonds. The molecule has 0 saturated carbocycles. The summed E-state index contributed by atoms with van der Waals surface area (Å²) in [6.07, 6.45) is 3.74. The SMILES string of the molecule is COc1ccc(OC)c(NC(=O)Cn2nc(-c3ccccc3)n(-n3cccc3)c2=S)c1. The van der Waals surface area contributed by atoms with Crippen molar-refractivity contribution in [2.75, 3.05) is 19.5 Å². The molecule has 1 N–H and O–H groups in total. The molecule has 9 heteroatoms. The van der Waals surface area contributed by atoms with Crippen molar-refractivity contribution in [2.24, 2.45) is 0 Å². The lowest BCUT2D eigenvalue weighted by Crippen LogP contribution is -2.20. The molecular weight excluding hydrogens is 414 g/mol. The van der Waals surface area contributed by atoms with E-state index in [1.54, 1.807) is 37.1 Å². The zero-order chi connectivity index (χ0) is 21.8. The average molecular weight is 436 g/mol. The molecule has 31 heavy (non-hydrogen) atoms. The minimum Gasteiger partial charge on any atom is -0.497 e. The summed E-state index contributed by atoms with van der Waals surface area (Å²) in [6.45, 7) is -0.0622. The van der Waals surface area contributed by atoms with Crippen LogP contribution in [0.25, 0.3) is 11.4 Å². The number of ether oxygens (including phenoxy) is 2. The Hall–Kier alpha value is -3.85. The van der Waals surface area contributed by atoms with Gasteiger partial charge in [0.1, 0.15) is 18.0 Å². The van der Waals surface area contributed by atoms with Crippen molar-refractivity contribution in [1.29, 1.82) is 0 Å². The van der Waals surface area contributed by atoms with Gasteiger partial charge in [0, 0.05) is 24.0 Å². The van der Waals surface area contributed by atoms with E-state index in [1.807, 2.05) is 59.5 Å². The lowest BCUT2D eigenvalue weighted by molar-refractivity contribution is -0.116. The zero-order valence-electron chi connectivity index (χ0n) is 17.1. The van der Waals surface area contributed by atoms with Crippen LogP contribution in [0.3, 0.4) is 0 Å². The van der Waals surface area contributed by atoms with Gasteiger partial charge in [-0.25, -0.2) is 9.36 Å². The predicted octanol–water partition coefficient (Wildman–Crippen LogP) is 3.85. The molecular formula is C22H21N5O3S. The highest BCUT2D eigenvalue weighted by atomic mass is 32.1. The van der Waals surface area contributed by atoms with Gasteiger partial charge in [-0.15, -0.1) is 5.10 Å². The highest BCUT2D eigenvalue weighted by Gasteiger charge is 2.17. The third-order valence-electron chi connectivity index (χ3n) is 4.64. The topological polar surface area (TPSA) is 75.2 Å². The largest absolute Gasteiger partial charge is 0.497 e. The molecule has 0 radical (unpaired) electrons. The fourth-order valence-corrected chi connectivity index (χ4v) is 3.46. The third-order valence-corrected chi connectivity index (χ3v) is 5.03. The molecule has 0 aliphatic carbocycles. The van der Waals surface area contributed by atoms with Gasteiger partial charge >= 0.3 is 0 Å². The Morgan fingerprint density at radius 1 is 1.03 bits per heavy atom. The van der Waals surface area contributed by atoms with E-state index in [0.29, 0.717) is 27.8 Å². The van der Waals surface area contributed by atoms with Crippen molar-refractivity contribution >= 4 is 23.8 Å². The van der Waals surface area contributed by atoms with Gasteiger partial charge in [-0.3, -0.25) is 9.47 Å². The van der Waals surface area contributed by atoms with Crippen LogP contribution in [0.15, 0.2) is 73.1 Å². The number of methoxy groups -OCH3 is 2. The maximum atomic E-state index is 12.8. The third kappa shape index (κ3) is 4.22. The molecule has 0 bridgehead atoms. The van der Waals surface area contributed by atoms with Crippen LogP contribution in [-0.4, -0.2) is 39.3 Å². The molecule has 0 saturated heterocycles. The van der Waals surface area contributed by atoms with E-state index in [9.17, 15) is 4.79 Å². The minimum absolute atomic E-state index is 0.0622. The number of hydrogen-bond donors (Lipinski definition) is 1. The van der Waals surface area contributed by atoms with Gasteiger partial charge in [-0.1, -0.05) is 30.3 Å². The number of anilines is 1. The number of carbonyl (C=O) groups is 1. The van der Waals surface area contributed by atoms with E-state index in [1.165, 1.54) is 4.68 Å². The number of benzene rings is 2. The summed E-state index contributed by atoms with van der Waals surface area (Å²) in [4.78, 5) is 12.8. The Morgan fingerprint density at radius 2 is 1.77 bits per heavy atom. The number of rotatable bonds is 7. The number of carbonyl (C=O) groups excluding carboxylic acids is 1. The summed E-state index contributed by atoms with van der Waals surface area (Å²) < 4.78 is 16.1. The van der Waals surface area contributed by atoms with E-state index in [0.717, 1.165) is 5.56 Å². The average Bonchev–Trinajstić information content (AvgIpc) is 3.42. The van der Waals surface area contributed by atoms with Gasteiger partial charge in [-0.2, -0.15) is 0 Å². The molecule has 0 aliphatic heterocycles. The molecule has 158 valence electrons. The molecule has 0 spiro atoms. The molecule has 8 nitrogen and oxygen atoms in total. The van der Waals surface area contributed by atoms with Crippen molar-refractivity contribution in [1.82, 2.24) is 19.1 Å². The monoisotopic (exact) mass is 435 g/mol. The molecule has 2 aromatic carbocycles. The number of hydrogen-bond acceptors (Lipinski definition) is 5. The normalized spacial score (nSPS) is 10.6. The van der Waals surface area contributed by atoms with Crippen LogP contribution in [0, 0.1) is 4.77 Å². The quantitative estimate of drug-likeness (QED) is 0.446. The first kappa shape index (κ1) is 20.4. The number of nitrogens with one attached hydrogen (secondary N) is 1. The maximum absolute atomic E-state index is 12.8. The van der Waals surface area contributed by atoms with Crippen molar-refractivity contribution < 1.29 is 14.3 Å². The summed E-state index contributed by atoms with van der Waals surface area (Å²) >= 11 is 5.65. The fraction of sp³-hybridized carbons (Fsp3) is 0.136. The second-order valence-corrected chi connectivity index (χ2v) is 6.98. The van der Waals surface area contributed by atoms with Crippen molar-refractivity contribution in [2.45, 2.75) is 6.54 Å². The van der Waals surface area contributed by atoms with E-state index in [-0.39, 0.29) is 12.5 Å². The lowest BCUT2D eigenvalue weighted by atomic mass is 10.2. The first-order chi connectivity index (χ1) is 15.1. The molecule has 4 rings (SSSR count). The first-order valence-electron chi connectivity index (χ1n) is 9.51. The maximum Gasteiger partial charge on any atom is 0.246 e. The standard InChI is InChI=1S/C22H21N5O3S/c1-29-17-10-11-19(30-2)18(14-17)23-20(28)15-26-22(31)27(25-12-6-7-13-25)21(24-26)16-8-4-3-5-9-16/h3-14H,15H2,1-2H3,(H,23,28). The number of nitrogens with zero attached hydrogens (tertiary/aromatic N) is 4. The lowest BCUT2D eigenvalue weighted by Gasteiger charge is -2.11.